The number of carbonyl (C=O) groups is 1. The molecule has 1 N–H and O–H groups in total. The van der Waals surface area contributed by atoms with Gasteiger partial charge in [0.25, 0.3) is 0 Å². The fourth-order valence-corrected chi connectivity index (χ4v) is 1.72. The molecule has 0 aliphatic heterocycles. The summed E-state index contributed by atoms with van der Waals surface area (Å²) in [7, 11) is 0. The highest BCUT2D eigenvalue weighted by Crippen LogP contribution is 2.18. The first-order chi connectivity index (χ1) is 8.28. The number of rotatable bonds is 5. The van der Waals surface area contributed by atoms with Crippen LogP contribution in [0.25, 0.3) is 0 Å². The van der Waals surface area contributed by atoms with Crippen LogP contribution >= 0.6 is 11.6 Å². The van der Waals surface area contributed by atoms with Gasteiger partial charge in [0.1, 0.15) is 0 Å². The van der Waals surface area contributed by atoms with Crippen LogP contribution in [-0.2, 0) is 11.2 Å². The number of hydrogen-bond donors (Lipinski definition) is 1. The van der Waals surface area contributed by atoms with Gasteiger partial charge < -0.3 is 5.32 Å². The van der Waals surface area contributed by atoms with E-state index in [2.05, 4.69) is 5.32 Å². The van der Waals surface area contributed by atoms with Crippen LogP contribution in [0.5, 0.6) is 0 Å². The summed E-state index contributed by atoms with van der Waals surface area (Å²) in [4.78, 5) is 11.4. The van der Waals surface area contributed by atoms with E-state index in [-0.39, 0.29) is 18.7 Å². The lowest BCUT2D eigenvalue weighted by molar-refractivity contribution is -0.127. The molecule has 1 aromatic rings. The average Bonchev–Trinajstić information content (AvgIpc) is 2.20. The minimum atomic E-state index is -4.30. The Morgan fingerprint density at radius 1 is 1.39 bits per heavy atom. The van der Waals surface area contributed by atoms with Crippen LogP contribution in [0.1, 0.15) is 11.1 Å². The van der Waals surface area contributed by atoms with E-state index in [1.807, 2.05) is 6.92 Å². The van der Waals surface area contributed by atoms with E-state index < -0.39 is 12.7 Å². The van der Waals surface area contributed by atoms with Crippen molar-refractivity contribution in [3.63, 3.8) is 0 Å². The van der Waals surface area contributed by atoms with Crippen LogP contribution in [0.3, 0.4) is 0 Å². The van der Waals surface area contributed by atoms with E-state index >= 15 is 0 Å². The Bertz CT molecular complexity index is 432. The zero-order valence-electron chi connectivity index (χ0n) is 9.77. The first kappa shape index (κ1) is 15.0. The lowest BCUT2D eigenvalue weighted by atomic mass is 10.1. The molecule has 0 aromatic heterocycles. The molecular formula is C12H13ClF3NO. The summed E-state index contributed by atoms with van der Waals surface area (Å²) in [5, 5.41) is 2.52. The highest BCUT2D eigenvalue weighted by molar-refractivity contribution is 6.31. The number of Topliss-reactive ketones (excluding diaryl/α,β-unsaturated/α-hetero) is 1. The van der Waals surface area contributed by atoms with E-state index in [9.17, 15) is 18.0 Å². The zero-order chi connectivity index (χ0) is 13.8. The molecule has 0 heterocycles. The Labute approximate surface area is 108 Å². The first-order valence-electron chi connectivity index (χ1n) is 5.32. The second-order valence-corrected chi connectivity index (χ2v) is 4.44. The molecule has 18 heavy (non-hydrogen) atoms. The maximum absolute atomic E-state index is 11.8. The standard InChI is InChI=1S/C12H13ClF3NO/c1-8-2-3-9(11(13)4-8)5-10(18)6-17-7-12(14,15)16/h2-4,17H,5-7H2,1H3. The third-order valence-corrected chi connectivity index (χ3v) is 2.60. The van der Waals surface area contributed by atoms with Crippen LogP contribution in [0.15, 0.2) is 18.2 Å². The highest BCUT2D eigenvalue weighted by atomic mass is 35.5. The van der Waals surface area contributed by atoms with Gasteiger partial charge in [-0.1, -0.05) is 23.7 Å². The molecule has 0 saturated heterocycles. The molecule has 0 radical (unpaired) electrons. The monoisotopic (exact) mass is 279 g/mol. The Hall–Kier alpha value is -1.07. The summed E-state index contributed by atoms with van der Waals surface area (Å²) in [5.41, 5.74) is 1.59. The van der Waals surface area contributed by atoms with Crippen molar-refractivity contribution < 1.29 is 18.0 Å². The van der Waals surface area contributed by atoms with Crippen molar-refractivity contribution in [1.29, 1.82) is 0 Å². The molecule has 0 atom stereocenters. The predicted molar refractivity (Wildman–Crippen MR) is 63.8 cm³/mol. The Morgan fingerprint density at radius 3 is 2.61 bits per heavy atom. The molecule has 0 fully saturated rings. The van der Waals surface area contributed by atoms with Gasteiger partial charge in [-0.05, 0) is 24.1 Å². The number of carbonyl (C=O) groups excluding carboxylic acids is 1. The second kappa shape index (κ2) is 6.20. The fourth-order valence-electron chi connectivity index (χ4n) is 1.41. The van der Waals surface area contributed by atoms with Crippen molar-refractivity contribution in [3.05, 3.63) is 34.3 Å². The maximum Gasteiger partial charge on any atom is 0.401 e. The number of alkyl halides is 3. The Kier molecular flexibility index (Phi) is 5.16. The van der Waals surface area contributed by atoms with E-state index in [0.29, 0.717) is 10.6 Å². The Morgan fingerprint density at radius 2 is 2.06 bits per heavy atom. The van der Waals surface area contributed by atoms with Gasteiger partial charge in [0.15, 0.2) is 5.78 Å². The normalized spacial score (nSPS) is 11.6. The van der Waals surface area contributed by atoms with Gasteiger partial charge in [0.05, 0.1) is 13.1 Å². The van der Waals surface area contributed by atoms with Gasteiger partial charge in [0.2, 0.25) is 0 Å². The molecule has 1 aromatic carbocycles. The van der Waals surface area contributed by atoms with Crippen molar-refractivity contribution in [2.45, 2.75) is 19.5 Å². The molecule has 100 valence electrons. The average molecular weight is 280 g/mol. The minimum absolute atomic E-state index is 0.0317. The van der Waals surface area contributed by atoms with Gasteiger partial charge in [-0.15, -0.1) is 0 Å². The third-order valence-electron chi connectivity index (χ3n) is 2.24. The quantitative estimate of drug-likeness (QED) is 0.898. The Balaban J connectivity index is 2.45. The number of aryl methyl sites for hydroxylation is 1. The fraction of sp³-hybridized carbons (Fsp3) is 0.417. The first-order valence-corrected chi connectivity index (χ1v) is 5.70. The second-order valence-electron chi connectivity index (χ2n) is 4.03. The van der Waals surface area contributed by atoms with Gasteiger partial charge in [0, 0.05) is 11.4 Å². The van der Waals surface area contributed by atoms with Crippen LogP contribution in [0, 0.1) is 6.92 Å². The largest absolute Gasteiger partial charge is 0.401 e. The van der Waals surface area contributed by atoms with Crippen molar-refractivity contribution >= 4 is 17.4 Å². The van der Waals surface area contributed by atoms with Gasteiger partial charge in [-0.3, -0.25) is 4.79 Å². The molecule has 0 aliphatic rings. The zero-order valence-corrected chi connectivity index (χ0v) is 10.5. The SMILES string of the molecule is Cc1ccc(CC(=O)CNCC(F)(F)F)c(Cl)c1. The number of nitrogens with one attached hydrogen (secondary N) is 1. The van der Waals surface area contributed by atoms with Gasteiger partial charge in [-0.25, -0.2) is 0 Å². The highest BCUT2D eigenvalue weighted by Gasteiger charge is 2.26. The van der Waals surface area contributed by atoms with Crippen molar-refractivity contribution in [2.75, 3.05) is 13.1 Å². The van der Waals surface area contributed by atoms with Crippen molar-refractivity contribution in [2.24, 2.45) is 0 Å². The topological polar surface area (TPSA) is 29.1 Å². The molecular weight excluding hydrogens is 267 g/mol. The smallest absolute Gasteiger partial charge is 0.302 e. The third kappa shape index (κ3) is 5.51. The van der Waals surface area contributed by atoms with E-state index in [1.54, 1.807) is 18.2 Å². The minimum Gasteiger partial charge on any atom is -0.302 e. The van der Waals surface area contributed by atoms with Crippen LogP contribution in [0.4, 0.5) is 13.2 Å². The van der Waals surface area contributed by atoms with Crippen LogP contribution in [-0.4, -0.2) is 25.0 Å². The summed E-state index contributed by atoms with van der Waals surface area (Å²) in [5.74, 6) is -0.329. The van der Waals surface area contributed by atoms with E-state index in [0.717, 1.165) is 5.56 Å². The summed E-state index contributed by atoms with van der Waals surface area (Å²) < 4.78 is 35.5. The molecule has 0 amide bonds. The predicted octanol–water partition coefficient (Wildman–Crippen LogP) is 2.91. The summed E-state index contributed by atoms with van der Waals surface area (Å²) >= 11 is 5.93. The molecule has 6 heteroatoms. The molecule has 0 bridgehead atoms. The number of ketones is 1. The molecule has 1 rings (SSSR count). The van der Waals surface area contributed by atoms with Crippen molar-refractivity contribution in [3.8, 4) is 0 Å². The maximum atomic E-state index is 11.8. The number of hydrogen-bond acceptors (Lipinski definition) is 2. The summed E-state index contributed by atoms with van der Waals surface area (Å²) in [6.07, 6.45) is -4.27. The summed E-state index contributed by atoms with van der Waals surface area (Å²) in [6, 6.07) is 5.23. The molecule has 2 nitrogen and oxygen atoms in total. The number of benzene rings is 1. The lowest BCUT2D eigenvalue weighted by Crippen LogP contribution is -2.33. The molecule has 0 unspecified atom stereocenters. The van der Waals surface area contributed by atoms with Crippen LogP contribution in [0.2, 0.25) is 5.02 Å². The molecule has 0 spiro atoms. The van der Waals surface area contributed by atoms with Crippen molar-refractivity contribution in [1.82, 2.24) is 5.32 Å². The number of halogens is 4. The van der Waals surface area contributed by atoms with Gasteiger partial charge >= 0.3 is 6.18 Å². The van der Waals surface area contributed by atoms with Gasteiger partial charge in [-0.2, -0.15) is 13.2 Å². The summed E-state index contributed by atoms with van der Waals surface area (Å²) in [6.45, 7) is 0.381. The molecule has 0 saturated carbocycles. The van der Waals surface area contributed by atoms with E-state index in [4.69, 9.17) is 11.6 Å². The van der Waals surface area contributed by atoms with E-state index in [1.165, 1.54) is 0 Å². The lowest BCUT2D eigenvalue weighted by Gasteiger charge is -2.08. The van der Waals surface area contributed by atoms with Crippen LogP contribution < -0.4 is 5.32 Å². The molecule has 0 aliphatic carbocycles.